The number of carboxylic acids is 1. The van der Waals surface area contributed by atoms with Crippen molar-refractivity contribution in [3.8, 4) is 0 Å². The summed E-state index contributed by atoms with van der Waals surface area (Å²) < 4.78 is 1.58. The van der Waals surface area contributed by atoms with Gasteiger partial charge in [0.05, 0.1) is 12.0 Å². The Morgan fingerprint density at radius 3 is 2.95 bits per heavy atom. The van der Waals surface area contributed by atoms with Crippen LogP contribution in [0.2, 0.25) is 0 Å². The lowest BCUT2D eigenvalue weighted by atomic mass is 9.71. The van der Waals surface area contributed by atoms with E-state index in [1.807, 2.05) is 0 Å². The topological polar surface area (TPSA) is 97.1 Å². The molecule has 7 nitrogen and oxygen atoms in total. The molecule has 1 fully saturated rings. The third-order valence-electron chi connectivity index (χ3n) is 4.07. The van der Waals surface area contributed by atoms with Gasteiger partial charge >= 0.3 is 5.97 Å². The van der Waals surface area contributed by atoms with Crippen molar-refractivity contribution in [1.82, 2.24) is 20.1 Å². The smallest absolute Gasteiger partial charge is 0.311 e. The molecule has 1 amide bonds. The molecule has 1 aromatic heterocycles. The first-order valence-corrected chi connectivity index (χ1v) is 6.87. The molecule has 0 saturated heterocycles. The van der Waals surface area contributed by atoms with E-state index < -0.39 is 11.4 Å². The van der Waals surface area contributed by atoms with Gasteiger partial charge in [0, 0.05) is 12.5 Å². The van der Waals surface area contributed by atoms with Crippen LogP contribution < -0.4 is 5.32 Å². The SMILES string of the molecule is CC1(C(=O)O)CCCCC1NC(=O)CCn1cncn1. The highest BCUT2D eigenvalue weighted by molar-refractivity contribution is 5.79. The summed E-state index contributed by atoms with van der Waals surface area (Å²) in [7, 11) is 0. The Balaban J connectivity index is 1.90. The molecule has 20 heavy (non-hydrogen) atoms. The van der Waals surface area contributed by atoms with Gasteiger partial charge in [0.15, 0.2) is 0 Å². The summed E-state index contributed by atoms with van der Waals surface area (Å²) in [5.41, 5.74) is -0.860. The van der Waals surface area contributed by atoms with Gasteiger partial charge in [-0.2, -0.15) is 5.10 Å². The Hall–Kier alpha value is -1.92. The molecule has 1 aromatic rings. The third kappa shape index (κ3) is 3.15. The van der Waals surface area contributed by atoms with Gasteiger partial charge in [-0.05, 0) is 19.8 Å². The zero-order chi connectivity index (χ0) is 14.6. The molecule has 2 unspecified atom stereocenters. The van der Waals surface area contributed by atoms with Crippen molar-refractivity contribution < 1.29 is 14.7 Å². The first-order chi connectivity index (χ1) is 9.52. The molecule has 0 spiro atoms. The molecular formula is C13H20N4O3. The summed E-state index contributed by atoms with van der Waals surface area (Å²) in [5, 5.41) is 16.2. The first-order valence-electron chi connectivity index (χ1n) is 6.87. The number of aryl methyl sites for hydroxylation is 1. The molecule has 110 valence electrons. The van der Waals surface area contributed by atoms with Crippen molar-refractivity contribution in [2.75, 3.05) is 0 Å². The first kappa shape index (κ1) is 14.5. The molecule has 0 aliphatic heterocycles. The monoisotopic (exact) mass is 280 g/mol. The molecule has 2 rings (SSSR count). The fraction of sp³-hybridized carbons (Fsp3) is 0.692. The summed E-state index contributed by atoms with van der Waals surface area (Å²) in [4.78, 5) is 27.2. The Labute approximate surface area is 117 Å². The third-order valence-corrected chi connectivity index (χ3v) is 4.07. The summed E-state index contributed by atoms with van der Waals surface area (Å²) >= 11 is 0. The van der Waals surface area contributed by atoms with E-state index in [0.29, 0.717) is 13.0 Å². The summed E-state index contributed by atoms with van der Waals surface area (Å²) in [6.07, 6.45) is 6.42. The fourth-order valence-corrected chi connectivity index (χ4v) is 2.65. The Morgan fingerprint density at radius 1 is 1.50 bits per heavy atom. The second kappa shape index (κ2) is 6.02. The molecule has 1 heterocycles. The number of aromatic nitrogens is 3. The average Bonchev–Trinajstić information content (AvgIpc) is 2.92. The average molecular weight is 280 g/mol. The molecule has 2 N–H and O–H groups in total. The quantitative estimate of drug-likeness (QED) is 0.832. The van der Waals surface area contributed by atoms with E-state index in [2.05, 4.69) is 15.4 Å². The molecule has 7 heteroatoms. The van der Waals surface area contributed by atoms with E-state index in [9.17, 15) is 14.7 Å². The lowest BCUT2D eigenvalue weighted by molar-refractivity contribution is -0.152. The molecule has 0 radical (unpaired) electrons. The van der Waals surface area contributed by atoms with Gasteiger partial charge in [-0.25, -0.2) is 4.98 Å². The maximum Gasteiger partial charge on any atom is 0.311 e. The normalized spacial score (nSPS) is 26.1. The summed E-state index contributed by atoms with van der Waals surface area (Å²) in [6, 6.07) is -0.294. The highest BCUT2D eigenvalue weighted by atomic mass is 16.4. The number of carboxylic acid groups (broad SMARTS) is 1. The molecule has 1 saturated carbocycles. The van der Waals surface area contributed by atoms with E-state index in [1.54, 1.807) is 17.9 Å². The number of amides is 1. The predicted octanol–water partition coefficient (Wildman–Crippen LogP) is 0.818. The highest BCUT2D eigenvalue weighted by Gasteiger charge is 2.43. The maximum absolute atomic E-state index is 12.0. The van der Waals surface area contributed by atoms with Crippen molar-refractivity contribution in [3.63, 3.8) is 0 Å². The number of aliphatic carboxylic acids is 1. The maximum atomic E-state index is 12.0. The summed E-state index contributed by atoms with van der Waals surface area (Å²) in [5.74, 6) is -0.973. The standard InChI is InChI=1S/C13H20N4O3/c1-13(12(19)20)6-3-2-4-10(13)16-11(18)5-7-17-9-14-8-15-17/h8-10H,2-7H2,1H3,(H,16,18)(H,19,20). The number of carbonyl (C=O) groups is 2. The van der Waals surface area contributed by atoms with Crippen LogP contribution >= 0.6 is 0 Å². The lowest BCUT2D eigenvalue weighted by Gasteiger charge is -2.38. The van der Waals surface area contributed by atoms with Gasteiger partial charge in [0.2, 0.25) is 5.91 Å². The lowest BCUT2D eigenvalue weighted by Crippen LogP contribution is -2.52. The van der Waals surface area contributed by atoms with E-state index in [1.165, 1.54) is 6.33 Å². The van der Waals surface area contributed by atoms with E-state index >= 15 is 0 Å². The molecule has 1 aliphatic rings. The van der Waals surface area contributed by atoms with Crippen LogP contribution in [0, 0.1) is 5.41 Å². The zero-order valence-electron chi connectivity index (χ0n) is 11.6. The fourth-order valence-electron chi connectivity index (χ4n) is 2.65. The van der Waals surface area contributed by atoms with Gasteiger partial charge in [0.1, 0.15) is 12.7 Å². The zero-order valence-corrected chi connectivity index (χ0v) is 11.6. The predicted molar refractivity (Wildman–Crippen MR) is 70.8 cm³/mol. The van der Waals surface area contributed by atoms with Crippen LogP contribution in [0.1, 0.15) is 39.0 Å². The molecular weight excluding hydrogens is 260 g/mol. The van der Waals surface area contributed by atoms with Crippen molar-refractivity contribution in [2.24, 2.45) is 5.41 Å². The van der Waals surface area contributed by atoms with Crippen molar-refractivity contribution in [3.05, 3.63) is 12.7 Å². The molecule has 1 aliphatic carbocycles. The van der Waals surface area contributed by atoms with E-state index in [4.69, 9.17) is 0 Å². The van der Waals surface area contributed by atoms with Crippen LogP contribution in [0.5, 0.6) is 0 Å². The second-order valence-corrected chi connectivity index (χ2v) is 5.50. The minimum absolute atomic E-state index is 0.139. The van der Waals surface area contributed by atoms with Crippen LogP contribution in [0.25, 0.3) is 0 Å². The Morgan fingerprint density at radius 2 is 2.30 bits per heavy atom. The summed E-state index contributed by atoms with van der Waals surface area (Å²) in [6.45, 7) is 2.17. The van der Waals surface area contributed by atoms with Crippen LogP contribution in [-0.4, -0.2) is 37.8 Å². The minimum atomic E-state index is -0.860. The number of nitrogens with one attached hydrogen (secondary N) is 1. The largest absolute Gasteiger partial charge is 0.481 e. The van der Waals surface area contributed by atoms with E-state index in [-0.39, 0.29) is 18.4 Å². The highest BCUT2D eigenvalue weighted by Crippen LogP contribution is 2.36. The van der Waals surface area contributed by atoms with Crippen LogP contribution in [-0.2, 0) is 16.1 Å². The van der Waals surface area contributed by atoms with Crippen LogP contribution in [0.3, 0.4) is 0 Å². The number of carbonyl (C=O) groups excluding carboxylic acids is 1. The molecule has 0 bridgehead atoms. The number of hydrogen-bond acceptors (Lipinski definition) is 4. The van der Waals surface area contributed by atoms with Gasteiger partial charge in [-0.3, -0.25) is 14.3 Å². The molecule has 2 atom stereocenters. The van der Waals surface area contributed by atoms with Crippen LogP contribution in [0.4, 0.5) is 0 Å². The minimum Gasteiger partial charge on any atom is -0.481 e. The van der Waals surface area contributed by atoms with E-state index in [0.717, 1.165) is 19.3 Å². The van der Waals surface area contributed by atoms with Gasteiger partial charge in [0.25, 0.3) is 0 Å². The Kier molecular flexibility index (Phi) is 4.36. The van der Waals surface area contributed by atoms with Gasteiger partial charge < -0.3 is 10.4 Å². The molecule has 0 aromatic carbocycles. The van der Waals surface area contributed by atoms with Crippen LogP contribution in [0.15, 0.2) is 12.7 Å². The number of rotatable bonds is 5. The van der Waals surface area contributed by atoms with Gasteiger partial charge in [-0.15, -0.1) is 0 Å². The van der Waals surface area contributed by atoms with Crippen molar-refractivity contribution >= 4 is 11.9 Å². The second-order valence-electron chi connectivity index (χ2n) is 5.50. The Bertz CT molecular complexity index is 474. The van der Waals surface area contributed by atoms with Gasteiger partial charge in [-0.1, -0.05) is 12.8 Å². The number of nitrogens with zero attached hydrogens (tertiary/aromatic N) is 3. The van der Waals surface area contributed by atoms with Crippen molar-refractivity contribution in [1.29, 1.82) is 0 Å². The number of hydrogen-bond donors (Lipinski definition) is 2. The van der Waals surface area contributed by atoms with Crippen molar-refractivity contribution in [2.45, 2.75) is 51.6 Å².